The van der Waals surface area contributed by atoms with Crippen LogP contribution >= 0.6 is 0 Å². The summed E-state index contributed by atoms with van der Waals surface area (Å²) in [5.41, 5.74) is 3.36. The van der Waals surface area contributed by atoms with Crippen molar-refractivity contribution in [2.24, 2.45) is 0 Å². The quantitative estimate of drug-likeness (QED) is 0.267. The topological polar surface area (TPSA) is 101 Å². The molecule has 3 aromatic carbocycles. The zero-order valence-electron chi connectivity index (χ0n) is 20.2. The Morgan fingerprint density at radius 3 is 1.92 bits per heavy atom. The SMILES string of the molecule is Cc1ccc(N2C=C(C(=O)c3ccccc3)N(c3ccc(C)cc3)C([N+](=O)[O-])C2CS(C)(=O)=O)cc1. The fourth-order valence-electron chi connectivity index (χ4n) is 4.34. The van der Waals surface area contributed by atoms with Gasteiger partial charge in [0.2, 0.25) is 5.78 Å². The third kappa shape index (κ3) is 5.31. The van der Waals surface area contributed by atoms with Crippen LogP contribution in [0.1, 0.15) is 21.5 Å². The maximum Gasteiger partial charge on any atom is 0.313 e. The Morgan fingerprint density at radius 2 is 1.42 bits per heavy atom. The predicted molar refractivity (Wildman–Crippen MR) is 140 cm³/mol. The zero-order chi connectivity index (χ0) is 26.0. The third-order valence-electron chi connectivity index (χ3n) is 6.09. The zero-order valence-corrected chi connectivity index (χ0v) is 21.1. The van der Waals surface area contributed by atoms with Gasteiger partial charge in [-0.1, -0.05) is 65.7 Å². The summed E-state index contributed by atoms with van der Waals surface area (Å²) in [6.07, 6.45) is 1.05. The molecule has 4 rings (SSSR count). The number of allylic oxidation sites excluding steroid dienone is 1. The van der Waals surface area contributed by atoms with E-state index in [2.05, 4.69) is 0 Å². The monoisotopic (exact) mass is 505 g/mol. The number of rotatable bonds is 7. The molecular formula is C27H27N3O5S. The van der Waals surface area contributed by atoms with Crippen molar-refractivity contribution in [1.29, 1.82) is 0 Å². The number of carbonyl (C=O) groups excluding carboxylic acids is 1. The molecule has 36 heavy (non-hydrogen) atoms. The molecule has 0 aromatic heterocycles. The van der Waals surface area contributed by atoms with Crippen LogP contribution in [0.3, 0.4) is 0 Å². The molecule has 0 spiro atoms. The molecule has 0 saturated carbocycles. The molecule has 2 atom stereocenters. The van der Waals surface area contributed by atoms with E-state index in [0.29, 0.717) is 16.9 Å². The maximum atomic E-state index is 13.8. The number of Topliss-reactive ketones (excluding diaryl/α,β-unsaturated/α-hetero) is 1. The summed E-state index contributed by atoms with van der Waals surface area (Å²) in [4.78, 5) is 28.8. The van der Waals surface area contributed by atoms with Gasteiger partial charge in [-0.25, -0.2) is 8.42 Å². The first-order valence-electron chi connectivity index (χ1n) is 11.4. The van der Waals surface area contributed by atoms with Crippen LogP contribution in [-0.4, -0.2) is 43.3 Å². The molecule has 0 fully saturated rings. The third-order valence-corrected chi connectivity index (χ3v) is 7.04. The second-order valence-corrected chi connectivity index (χ2v) is 11.2. The largest absolute Gasteiger partial charge is 0.333 e. The number of carbonyl (C=O) groups is 1. The molecule has 1 aliphatic rings. The van der Waals surface area contributed by atoms with Crippen LogP contribution in [0.2, 0.25) is 0 Å². The van der Waals surface area contributed by atoms with Crippen LogP contribution in [0, 0.1) is 24.0 Å². The van der Waals surface area contributed by atoms with Crippen LogP contribution in [0.25, 0.3) is 0 Å². The lowest BCUT2D eigenvalue weighted by atomic mass is 10.0. The smallest absolute Gasteiger partial charge is 0.313 e. The summed E-state index contributed by atoms with van der Waals surface area (Å²) in [6, 6.07) is 21.7. The molecule has 0 aliphatic carbocycles. The normalized spacial score (nSPS) is 18.0. The van der Waals surface area contributed by atoms with E-state index in [1.54, 1.807) is 71.6 Å². The van der Waals surface area contributed by atoms with Crippen LogP contribution in [-0.2, 0) is 9.84 Å². The van der Waals surface area contributed by atoms with Gasteiger partial charge in [-0.3, -0.25) is 19.8 Å². The minimum absolute atomic E-state index is 0.0806. The van der Waals surface area contributed by atoms with Gasteiger partial charge in [0, 0.05) is 34.3 Å². The highest BCUT2D eigenvalue weighted by molar-refractivity contribution is 7.90. The van der Waals surface area contributed by atoms with Crippen LogP contribution < -0.4 is 9.80 Å². The highest BCUT2D eigenvalue weighted by atomic mass is 32.2. The van der Waals surface area contributed by atoms with Gasteiger partial charge in [-0.2, -0.15) is 0 Å². The summed E-state index contributed by atoms with van der Waals surface area (Å²) in [6.45, 7) is 3.80. The average Bonchev–Trinajstić information content (AvgIpc) is 2.84. The Balaban J connectivity index is 1.99. The molecule has 9 heteroatoms. The molecule has 1 heterocycles. The molecule has 3 aromatic rings. The number of sulfone groups is 1. The van der Waals surface area contributed by atoms with E-state index in [1.807, 2.05) is 26.0 Å². The molecule has 0 bridgehead atoms. The number of ketones is 1. The minimum atomic E-state index is -3.63. The predicted octanol–water partition coefficient (Wildman–Crippen LogP) is 4.37. The second kappa shape index (κ2) is 9.94. The van der Waals surface area contributed by atoms with Gasteiger partial charge < -0.3 is 4.90 Å². The first kappa shape index (κ1) is 25.1. The van der Waals surface area contributed by atoms with Crippen molar-refractivity contribution in [3.05, 3.63) is 118 Å². The van der Waals surface area contributed by atoms with Crippen molar-refractivity contribution in [3.8, 4) is 0 Å². The van der Waals surface area contributed by atoms with Crippen molar-refractivity contribution in [3.63, 3.8) is 0 Å². The Bertz CT molecular complexity index is 1400. The lowest BCUT2D eigenvalue weighted by Gasteiger charge is -2.42. The van der Waals surface area contributed by atoms with Crippen LogP contribution in [0.5, 0.6) is 0 Å². The van der Waals surface area contributed by atoms with Crippen LogP contribution in [0.4, 0.5) is 11.4 Å². The van der Waals surface area contributed by atoms with E-state index in [-0.39, 0.29) is 5.70 Å². The van der Waals surface area contributed by atoms with Gasteiger partial charge in [-0.05, 0) is 38.1 Å². The molecule has 1 aliphatic heterocycles. The van der Waals surface area contributed by atoms with E-state index < -0.39 is 38.5 Å². The first-order valence-corrected chi connectivity index (χ1v) is 13.4. The lowest BCUT2D eigenvalue weighted by molar-refractivity contribution is -0.523. The molecule has 8 nitrogen and oxygen atoms in total. The van der Waals surface area contributed by atoms with E-state index in [4.69, 9.17) is 0 Å². The number of hydrogen-bond donors (Lipinski definition) is 0. The fourth-order valence-corrected chi connectivity index (χ4v) is 5.30. The summed E-state index contributed by atoms with van der Waals surface area (Å²) in [5, 5.41) is 12.6. The van der Waals surface area contributed by atoms with Gasteiger partial charge in [0.15, 0.2) is 0 Å². The highest BCUT2D eigenvalue weighted by Crippen LogP contribution is 2.35. The molecule has 0 amide bonds. The van der Waals surface area contributed by atoms with Crippen molar-refractivity contribution in [2.75, 3.05) is 21.8 Å². The fraction of sp³-hybridized carbons (Fsp3) is 0.222. The van der Waals surface area contributed by atoms with Gasteiger partial charge in [0.1, 0.15) is 21.6 Å². The number of aryl methyl sites for hydroxylation is 2. The number of benzene rings is 3. The van der Waals surface area contributed by atoms with Gasteiger partial charge in [-0.15, -0.1) is 0 Å². The molecular weight excluding hydrogens is 478 g/mol. The number of anilines is 2. The number of hydrogen-bond acceptors (Lipinski definition) is 7. The Kier molecular flexibility index (Phi) is 6.94. The number of nitro groups is 1. The van der Waals surface area contributed by atoms with E-state index >= 15 is 0 Å². The molecule has 0 saturated heterocycles. The first-order chi connectivity index (χ1) is 17.0. The molecule has 0 N–H and O–H groups in total. The van der Waals surface area contributed by atoms with E-state index in [9.17, 15) is 23.3 Å². The molecule has 0 radical (unpaired) electrons. The Morgan fingerprint density at radius 1 is 0.889 bits per heavy atom. The van der Waals surface area contributed by atoms with E-state index in [0.717, 1.165) is 17.4 Å². The van der Waals surface area contributed by atoms with Crippen molar-refractivity contribution < 1.29 is 18.1 Å². The van der Waals surface area contributed by atoms with Crippen molar-refractivity contribution in [1.82, 2.24) is 0 Å². The minimum Gasteiger partial charge on any atom is -0.333 e. The highest BCUT2D eigenvalue weighted by Gasteiger charge is 2.49. The van der Waals surface area contributed by atoms with Gasteiger partial charge in [0.05, 0.1) is 5.75 Å². The summed E-state index contributed by atoms with van der Waals surface area (Å²) in [7, 11) is -3.63. The Hall–Kier alpha value is -3.98. The summed E-state index contributed by atoms with van der Waals surface area (Å²) < 4.78 is 24.9. The van der Waals surface area contributed by atoms with E-state index in [1.165, 1.54) is 11.1 Å². The summed E-state index contributed by atoms with van der Waals surface area (Å²) in [5.74, 6) is -0.879. The molecule has 2 unspecified atom stereocenters. The van der Waals surface area contributed by atoms with Crippen LogP contribution in [0.15, 0.2) is 90.8 Å². The van der Waals surface area contributed by atoms with Gasteiger partial charge >= 0.3 is 6.17 Å². The van der Waals surface area contributed by atoms with Crippen molar-refractivity contribution >= 4 is 27.0 Å². The van der Waals surface area contributed by atoms with Crippen molar-refractivity contribution in [2.45, 2.75) is 26.1 Å². The Labute approximate surface area is 210 Å². The number of nitrogens with zero attached hydrogens (tertiary/aromatic N) is 3. The summed E-state index contributed by atoms with van der Waals surface area (Å²) >= 11 is 0. The standard InChI is InChI=1S/C27H27N3O5S/c1-19-9-13-22(14-10-19)28-17-24(26(31)21-7-5-4-6-8-21)29(23-15-11-20(2)12-16-23)27(30(32)33)25(28)18-36(3,34)35/h4-17,25,27H,18H2,1-3H3. The van der Waals surface area contributed by atoms with Gasteiger partial charge in [0.25, 0.3) is 0 Å². The molecule has 186 valence electrons. The lowest BCUT2D eigenvalue weighted by Crippen LogP contribution is -2.61. The maximum absolute atomic E-state index is 13.8. The average molecular weight is 506 g/mol. The second-order valence-electron chi connectivity index (χ2n) is 9.02.